The molecule has 2 aliphatic carbocycles. The van der Waals surface area contributed by atoms with Crippen LogP contribution in [0.5, 0.6) is 0 Å². The maximum atomic E-state index is 14.7. The number of piperidine rings is 1. The Morgan fingerprint density at radius 1 is 1.23 bits per heavy atom. The summed E-state index contributed by atoms with van der Waals surface area (Å²) >= 11 is 5.93. The van der Waals surface area contributed by atoms with Gasteiger partial charge in [-0.3, -0.25) is 9.69 Å². The van der Waals surface area contributed by atoms with Gasteiger partial charge in [0, 0.05) is 11.6 Å². The zero-order chi connectivity index (χ0) is 21.3. The molecule has 0 radical (unpaired) electrons. The third kappa shape index (κ3) is 4.54. The van der Waals surface area contributed by atoms with Gasteiger partial charge >= 0.3 is 5.97 Å². The molecule has 1 heterocycles. The lowest BCUT2D eigenvalue weighted by Crippen LogP contribution is -2.41. The van der Waals surface area contributed by atoms with E-state index in [-0.39, 0.29) is 11.7 Å². The number of hydrogen-bond acceptors (Lipinski definition) is 3. The number of aliphatic carboxylic acids is 1. The summed E-state index contributed by atoms with van der Waals surface area (Å²) in [6.45, 7) is 2.87. The fourth-order valence-electron chi connectivity index (χ4n) is 4.52. The van der Waals surface area contributed by atoms with E-state index in [2.05, 4.69) is 4.90 Å². The second kappa shape index (κ2) is 8.67. The highest BCUT2D eigenvalue weighted by Gasteiger charge is 2.55. The summed E-state index contributed by atoms with van der Waals surface area (Å²) in [5, 5.41) is 9.96. The highest BCUT2D eigenvalue weighted by molar-refractivity contribution is 6.30. The predicted molar refractivity (Wildman–Crippen MR) is 110 cm³/mol. The molecular formula is C23H26ClF2NO3. The normalized spacial score (nSPS) is 27.7. The summed E-state index contributed by atoms with van der Waals surface area (Å²) in [7, 11) is 0. The van der Waals surface area contributed by atoms with Crippen molar-refractivity contribution in [2.75, 3.05) is 19.7 Å². The van der Waals surface area contributed by atoms with Gasteiger partial charge < -0.3 is 9.84 Å². The molecule has 2 atom stereocenters. The molecule has 3 aliphatic rings. The smallest absolute Gasteiger partial charge is 0.317 e. The summed E-state index contributed by atoms with van der Waals surface area (Å²) in [5.74, 6) is -0.794. The Labute approximate surface area is 180 Å². The maximum Gasteiger partial charge on any atom is 0.317 e. The van der Waals surface area contributed by atoms with Crippen molar-refractivity contribution < 1.29 is 23.4 Å². The molecule has 4 nitrogen and oxygen atoms in total. The number of alkyl halides is 1. The molecule has 7 heteroatoms. The maximum absolute atomic E-state index is 14.7. The molecule has 4 rings (SSSR count). The minimum absolute atomic E-state index is 0.128. The van der Waals surface area contributed by atoms with Crippen LogP contribution in [0.25, 0.3) is 0 Å². The van der Waals surface area contributed by atoms with E-state index in [1.54, 1.807) is 12.1 Å². The number of allylic oxidation sites excluding steroid dienone is 2. The lowest BCUT2D eigenvalue weighted by atomic mass is 9.75. The molecule has 30 heavy (non-hydrogen) atoms. The largest absolute Gasteiger partial charge is 0.494 e. The number of nitrogens with zero attached hydrogens (tertiary/aromatic N) is 1. The molecular weight excluding hydrogens is 412 g/mol. The van der Waals surface area contributed by atoms with Gasteiger partial charge in [-0.05, 0) is 86.5 Å². The molecule has 1 aromatic carbocycles. The molecule has 162 valence electrons. The first-order chi connectivity index (χ1) is 14.4. The minimum Gasteiger partial charge on any atom is -0.494 e. The first-order valence-corrected chi connectivity index (χ1v) is 10.8. The molecule has 0 amide bonds. The second-order valence-electron chi connectivity index (χ2n) is 8.62. The first-order valence-electron chi connectivity index (χ1n) is 10.5. The molecule has 0 aromatic heterocycles. The molecule has 0 bridgehead atoms. The molecule has 1 saturated carbocycles. The van der Waals surface area contributed by atoms with E-state index in [1.165, 1.54) is 24.3 Å². The first kappa shape index (κ1) is 21.3. The van der Waals surface area contributed by atoms with Crippen LogP contribution in [0.4, 0.5) is 8.78 Å². The van der Waals surface area contributed by atoms with E-state index in [0.29, 0.717) is 29.9 Å². The predicted octanol–water partition coefficient (Wildman–Crippen LogP) is 4.98. The van der Waals surface area contributed by atoms with Crippen LogP contribution in [0, 0.1) is 23.1 Å². The van der Waals surface area contributed by atoms with Gasteiger partial charge in [0.15, 0.2) is 0 Å². The van der Waals surface area contributed by atoms with Crippen molar-refractivity contribution in [3.8, 4) is 0 Å². The average molecular weight is 438 g/mol. The van der Waals surface area contributed by atoms with Crippen molar-refractivity contribution in [2.24, 2.45) is 17.3 Å². The van der Waals surface area contributed by atoms with Crippen molar-refractivity contribution in [1.82, 2.24) is 4.90 Å². The van der Waals surface area contributed by atoms with Crippen molar-refractivity contribution in [3.63, 3.8) is 0 Å². The highest BCUT2D eigenvalue weighted by Crippen LogP contribution is 2.52. The zero-order valence-electron chi connectivity index (χ0n) is 16.7. The number of hydrogen-bond donors (Lipinski definition) is 1. The fraction of sp³-hybridized carbons (Fsp3) is 0.522. The van der Waals surface area contributed by atoms with Crippen LogP contribution in [0.3, 0.4) is 0 Å². The topological polar surface area (TPSA) is 49.8 Å². The molecule has 1 aliphatic heterocycles. The third-order valence-electron chi connectivity index (χ3n) is 6.43. The summed E-state index contributed by atoms with van der Waals surface area (Å²) in [6.07, 6.45) is 6.21. The Bertz CT molecular complexity index is 842. The summed E-state index contributed by atoms with van der Waals surface area (Å²) in [4.78, 5) is 13.9. The van der Waals surface area contributed by atoms with Crippen LogP contribution in [-0.4, -0.2) is 41.8 Å². The average Bonchev–Trinajstić information content (AvgIpc) is 3.52. The quantitative estimate of drug-likeness (QED) is 0.653. The fourth-order valence-corrected chi connectivity index (χ4v) is 4.76. The van der Waals surface area contributed by atoms with Crippen LogP contribution < -0.4 is 0 Å². The number of carboxylic acid groups (broad SMARTS) is 1. The van der Waals surface area contributed by atoms with E-state index in [1.807, 2.05) is 0 Å². The van der Waals surface area contributed by atoms with Gasteiger partial charge in [0.1, 0.15) is 23.2 Å². The van der Waals surface area contributed by atoms with E-state index >= 15 is 0 Å². The van der Waals surface area contributed by atoms with Gasteiger partial charge in [-0.1, -0.05) is 17.7 Å². The van der Waals surface area contributed by atoms with Gasteiger partial charge in [-0.2, -0.15) is 0 Å². The number of carbonyl (C=O) groups is 1. The van der Waals surface area contributed by atoms with Crippen molar-refractivity contribution in [3.05, 3.63) is 58.6 Å². The van der Waals surface area contributed by atoms with E-state index in [9.17, 15) is 18.7 Å². The van der Waals surface area contributed by atoms with Crippen LogP contribution in [0.1, 0.15) is 31.2 Å². The minimum atomic E-state index is -1.57. The standard InChI is InChI=1S/C23H26ClF2NO3/c24-18-9-16(10-19(25)11-18)13-27-7-4-15(5-8-27)14-30-20-3-6-23(22(28)29,17-1-2-17)21(26)12-20/h3,6,9-12,15,17,21H,1-2,4-5,7-8,13-14H2,(H,28,29). The number of rotatable bonds is 7. The summed E-state index contributed by atoms with van der Waals surface area (Å²) in [6, 6.07) is 4.60. The second-order valence-corrected chi connectivity index (χ2v) is 9.06. The van der Waals surface area contributed by atoms with Crippen molar-refractivity contribution in [1.29, 1.82) is 0 Å². The van der Waals surface area contributed by atoms with Gasteiger partial charge in [0.05, 0.1) is 6.61 Å². The third-order valence-corrected chi connectivity index (χ3v) is 6.65. The SMILES string of the molecule is O=C(O)C1(C2CC2)C=CC(OCC2CCN(Cc3cc(F)cc(Cl)c3)CC2)=CC1F. The summed E-state index contributed by atoms with van der Waals surface area (Å²) in [5.41, 5.74) is -0.573. The Morgan fingerprint density at radius 3 is 2.57 bits per heavy atom. The Morgan fingerprint density at radius 2 is 1.97 bits per heavy atom. The molecule has 1 saturated heterocycles. The monoisotopic (exact) mass is 437 g/mol. The van der Waals surface area contributed by atoms with Gasteiger partial charge in [0.25, 0.3) is 0 Å². The number of likely N-dealkylation sites (tertiary alicyclic amines) is 1. The van der Waals surface area contributed by atoms with Crippen LogP contribution in [0.2, 0.25) is 5.02 Å². The molecule has 0 spiro atoms. The van der Waals surface area contributed by atoms with Crippen LogP contribution in [0.15, 0.2) is 42.2 Å². The number of carboxylic acids is 1. The zero-order valence-corrected chi connectivity index (χ0v) is 17.5. The van der Waals surface area contributed by atoms with E-state index in [0.717, 1.165) is 44.3 Å². The Kier molecular flexibility index (Phi) is 6.16. The van der Waals surface area contributed by atoms with E-state index < -0.39 is 17.6 Å². The Hall–Kier alpha value is -1.92. The van der Waals surface area contributed by atoms with Crippen molar-refractivity contribution in [2.45, 2.75) is 38.4 Å². The molecule has 1 aromatic rings. The summed E-state index contributed by atoms with van der Waals surface area (Å²) < 4.78 is 34.1. The number of ether oxygens (including phenoxy) is 1. The van der Waals surface area contributed by atoms with Crippen LogP contribution >= 0.6 is 11.6 Å². The Balaban J connectivity index is 1.25. The number of benzene rings is 1. The molecule has 2 unspecified atom stereocenters. The highest BCUT2D eigenvalue weighted by atomic mass is 35.5. The molecule has 1 N–H and O–H groups in total. The number of halogens is 3. The lowest BCUT2D eigenvalue weighted by molar-refractivity contribution is -0.150. The molecule has 2 fully saturated rings. The lowest BCUT2D eigenvalue weighted by Gasteiger charge is -2.33. The van der Waals surface area contributed by atoms with Gasteiger partial charge in [0.2, 0.25) is 0 Å². The van der Waals surface area contributed by atoms with Gasteiger partial charge in [-0.25, -0.2) is 8.78 Å². The van der Waals surface area contributed by atoms with Crippen molar-refractivity contribution >= 4 is 17.6 Å². The van der Waals surface area contributed by atoms with E-state index in [4.69, 9.17) is 16.3 Å². The van der Waals surface area contributed by atoms with Crippen LogP contribution in [-0.2, 0) is 16.1 Å². The van der Waals surface area contributed by atoms with Gasteiger partial charge in [-0.15, -0.1) is 0 Å².